The molecule has 0 rings (SSSR count). The van der Waals surface area contributed by atoms with Crippen molar-refractivity contribution < 1.29 is 28.6 Å². The van der Waals surface area contributed by atoms with E-state index in [9.17, 15) is 14.4 Å². The second kappa shape index (κ2) is 54.9. The van der Waals surface area contributed by atoms with Crippen molar-refractivity contribution >= 4 is 17.9 Å². The van der Waals surface area contributed by atoms with Crippen LogP contribution >= 0.6 is 0 Å². The fourth-order valence-corrected chi connectivity index (χ4v) is 7.40. The molecule has 0 saturated heterocycles. The molecule has 0 aliphatic carbocycles. The number of unbranched alkanes of at least 4 members (excludes halogenated alkanes) is 24. The zero-order valence-electron chi connectivity index (χ0n) is 43.6. The molecule has 6 heteroatoms. The fraction of sp³-hybridized carbons (Fsp3) is 0.689. The molecule has 0 radical (unpaired) electrons. The van der Waals surface area contributed by atoms with Crippen molar-refractivity contribution in [2.45, 2.75) is 258 Å². The number of rotatable bonds is 49. The maximum absolute atomic E-state index is 12.8. The van der Waals surface area contributed by atoms with Gasteiger partial charge in [-0.1, -0.05) is 227 Å². The predicted octanol–water partition coefficient (Wildman–Crippen LogP) is 18.5. The van der Waals surface area contributed by atoms with Gasteiger partial charge in [0.15, 0.2) is 6.10 Å². The monoisotopic (exact) mass is 931 g/mol. The minimum atomic E-state index is -0.797. The molecular weight excluding hydrogens is 829 g/mol. The van der Waals surface area contributed by atoms with Crippen LogP contribution in [0.2, 0.25) is 0 Å². The molecule has 0 aliphatic rings. The van der Waals surface area contributed by atoms with Gasteiger partial charge in [-0.25, -0.2) is 0 Å². The van der Waals surface area contributed by atoms with Gasteiger partial charge in [-0.15, -0.1) is 0 Å². The van der Waals surface area contributed by atoms with Gasteiger partial charge in [0.1, 0.15) is 13.2 Å². The van der Waals surface area contributed by atoms with Crippen LogP contribution in [-0.2, 0) is 28.6 Å². The summed E-state index contributed by atoms with van der Waals surface area (Å²) >= 11 is 0. The van der Waals surface area contributed by atoms with E-state index in [0.29, 0.717) is 19.3 Å². The summed E-state index contributed by atoms with van der Waals surface area (Å²) in [6.07, 6.45) is 72.5. The summed E-state index contributed by atoms with van der Waals surface area (Å²) < 4.78 is 16.8. The summed E-state index contributed by atoms with van der Waals surface area (Å²) in [4.78, 5) is 38.1. The molecule has 6 nitrogen and oxygen atoms in total. The molecule has 0 aromatic carbocycles. The fourth-order valence-electron chi connectivity index (χ4n) is 7.40. The second-order valence-corrected chi connectivity index (χ2v) is 18.2. The van der Waals surface area contributed by atoms with Crippen molar-refractivity contribution in [1.82, 2.24) is 0 Å². The lowest BCUT2D eigenvalue weighted by atomic mass is 10.1. The number of esters is 3. The standard InChI is InChI=1S/C61H102O6/c1-4-7-10-13-16-19-22-24-26-28-30-32-34-36-39-42-45-48-51-54-60(63)66-57-58(56-65-59(62)53-50-47-44-41-38-21-18-15-12-9-6-3)67-61(64)55-52-49-46-43-40-37-35-33-31-29-27-25-23-20-17-14-11-8-5-2/h7,10,15-21,23-26,30,32,38,58H,4-6,8-9,11-14,22,27-29,31,33-37,39-57H2,1-3H3/b10-7-,18-15-,19-16-,20-17-,25-23-,26-24-,32-30-,38-21-. The van der Waals surface area contributed by atoms with Crippen molar-refractivity contribution in [2.75, 3.05) is 13.2 Å². The van der Waals surface area contributed by atoms with Crippen LogP contribution in [0.5, 0.6) is 0 Å². The molecule has 0 heterocycles. The Kier molecular flexibility index (Phi) is 51.9. The van der Waals surface area contributed by atoms with Crippen molar-refractivity contribution in [2.24, 2.45) is 0 Å². The summed E-state index contributed by atoms with van der Waals surface area (Å²) in [5, 5.41) is 0. The Morgan fingerprint density at radius 2 is 0.642 bits per heavy atom. The van der Waals surface area contributed by atoms with Crippen molar-refractivity contribution in [3.8, 4) is 0 Å². The summed E-state index contributed by atoms with van der Waals surface area (Å²) in [5.41, 5.74) is 0. The third kappa shape index (κ3) is 53.2. The first-order chi connectivity index (χ1) is 33.0. The van der Waals surface area contributed by atoms with Crippen LogP contribution in [-0.4, -0.2) is 37.2 Å². The number of ether oxygens (including phenoxy) is 3. The van der Waals surface area contributed by atoms with E-state index in [1.54, 1.807) is 0 Å². The first-order valence-corrected chi connectivity index (χ1v) is 27.8. The third-order valence-electron chi connectivity index (χ3n) is 11.6. The van der Waals surface area contributed by atoms with Crippen molar-refractivity contribution in [3.05, 3.63) is 97.2 Å². The molecular formula is C61H102O6. The highest BCUT2D eigenvalue weighted by Crippen LogP contribution is 2.15. The second-order valence-electron chi connectivity index (χ2n) is 18.2. The summed E-state index contributed by atoms with van der Waals surface area (Å²) in [6.45, 7) is 6.41. The first kappa shape index (κ1) is 63.3. The van der Waals surface area contributed by atoms with Crippen LogP contribution in [0.4, 0.5) is 0 Å². The van der Waals surface area contributed by atoms with E-state index in [0.717, 1.165) is 109 Å². The Balaban J connectivity index is 4.40. The Bertz CT molecular complexity index is 1350. The smallest absolute Gasteiger partial charge is 0.306 e. The highest BCUT2D eigenvalue weighted by atomic mass is 16.6. The molecule has 67 heavy (non-hydrogen) atoms. The number of carbonyl (C=O) groups is 3. The minimum Gasteiger partial charge on any atom is -0.462 e. The molecule has 0 N–H and O–H groups in total. The largest absolute Gasteiger partial charge is 0.462 e. The molecule has 1 unspecified atom stereocenters. The molecule has 0 spiro atoms. The molecule has 0 saturated carbocycles. The van der Waals surface area contributed by atoms with Crippen LogP contribution in [0.25, 0.3) is 0 Å². The van der Waals surface area contributed by atoms with Crippen molar-refractivity contribution in [3.63, 3.8) is 0 Å². The first-order valence-electron chi connectivity index (χ1n) is 27.8. The van der Waals surface area contributed by atoms with Gasteiger partial charge in [-0.05, 0) is 103 Å². The van der Waals surface area contributed by atoms with Gasteiger partial charge in [0, 0.05) is 19.3 Å². The highest BCUT2D eigenvalue weighted by molar-refractivity contribution is 5.71. The molecule has 0 aromatic rings. The lowest BCUT2D eigenvalue weighted by Gasteiger charge is -2.18. The van der Waals surface area contributed by atoms with Crippen LogP contribution in [0.15, 0.2) is 97.2 Å². The van der Waals surface area contributed by atoms with Gasteiger partial charge in [-0.3, -0.25) is 14.4 Å². The van der Waals surface area contributed by atoms with Gasteiger partial charge < -0.3 is 14.2 Å². The van der Waals surface area contributed by atoms with Crippen LogP contribution in [0, 0.1) is 0 Å². The highest BCUT2D eigenvalue weighted by Gasteiger charge is 2.19. The SMILES string of the molecule is CC/C=C\C/C=C\C/C=C\C/C=C\CCCCCCCCC(=O)OCC(COC(=O)CCCCC/C=C\C=C/CCCC)OC(=O)CCCCCCCCCCCC/C=C\C=C/CCCCC. The van der Waals surface area contributed by atoms with Gasteiger partial charge in [-0.2, -0.15) is 0 Å². The topological polar surface area (TPSA) is 78.9 Å². The molecule has 1 atom stereocenters. The van der Waals surface area contributed by atoms with Gasteiger partial charge >= 0.3 is 17.9 Å². The normalized spacial score (nSPS) is 12.8. The number of hydrogen-bond acceptors (Lipinski definition) is 6. The quantitative estimate of drug-likeness (QED) is 0.0199. The van der Waals surface area contributed by atoms with Gasteiger partial charge in [0.05, 0.1) is 0 Å². The van der Waals surface area contributed by atoms with E-state index in [1.165, 1.54) is 103 Å². The van der Waals surface area contributed by atoms with Crippen LogP contribution in [0.3, 0.4) is 0 Å². The summed E-state index contributed by atoms with van der Waals surface area (Å²) in [6, 6.07) is 0. The molecule has 0 aliphatic heterocycles. The maximum atomic E-state index is 12.8. The van der Waals surface area contributed by atoms with E-state index < -0.39 is 6.10 Å². The summed E-state index contributed by atoms with van der Waals surface area (Å²) in [5.74, 6) is -0.940. The van der Waals surface area contributed by atoms with Crippen LogP contribution in [0.1, 0.15) is 252 Å². The van der Waals surface area contributed by atoms with Crippen molar-refractivity contribution in [1.29, 1.82) is 0 Å². The zero-order chi connectivity index (χ0) is 48.6. The average Bonchev–Trinajstić information content (AvgIpc) is 3.33. The Morgan fingerprint density at radius 3 is 1.06 bits per heavy atom. The average molecular weight is 931 g/mol. The van der Waals surface area contributed by atoms with E-state index in [2.05, 4.69) is 118 Å². The van der Waals surface area contributed by atoms with Gasteiger partial charge in [0.2, 0.25) is 0 Å². The zero-order valence-corrected chi connectivity index (χ0v) is 43.6. The molecule has 0 bridgehead atoms. The lowest BCUT2D eigenvalue weighted by molar-refractivity contribution is -0.167. The summed E-state index contributed by atoms with van der Waals surface area (Å²) in [7, 11) is 0. The number of allylic oxidation sites excluding steroid dienone is 16. The molecule has 0 fully saturated rings. The molecule has 0 amide bonds. The van der Waals surface area contributed by atoms with E-state index in [4.69, 9.17) is 14.2 Å². The van der Waals surface area contributed by atoms with E-state index in [1.807, 2.05) is 0 Å². The van der Waals surface area contributed by atoms with E-state index >= 15 is 0 Å². The minimum absolute atomic E-state index is 0.0956. The van der Waals surface area contributed by atoms with Gasteiger partial charge in [0.25, 0.3) is 0 Å². The van der Waals surface area contributed by atoms with Crippen LogP contribution < -0.4 is 0 Å². The predicted molar refractivity (Wildman–Crippen MR) is 288 cm³/mol. The number of hydrogen-bond donors (Lipinski definition) is 0. The molecule has 0 aromatic heterocycles. The van der Waals surface area contributed by atoms with E-state index in [-0.39, 0.29) is 31.1 Å². The Hall–Kier alpha value is -3.67. The third-order valence-corrected chi connectivity index (χ3v) is 11.6. The molecule has 382 valence electrons. The lowest BCUT2D eigenvalue weighted by Crippen LogP contribution is -2.30. The maximum Gasteiger partial charge on any atom is 0.306 e. The number of carbonyl (C=O) groups excluding carboxylic acids is 3. The Morgan fingerprint density at radius 1 is 0.328 bits per heavy atom. The Labute approximate surface area is 413 Å².